The fraction of sp³-hybridized carbons (Fsp3) is 0.286. The second kappa shape index (κ2) is 8.21. The van der Waals surface area contributed by atoms with Crippen molar-refractivity contribution < 1.29 is 18.8 Å². The Kier molecular flexibility index (Phi) is 5.88. The predicted molar refractivity (Wildman–Crippen MR) is 108 cm³/mol. The van der Waals surface area contributed by atoms with Gasteiger partial charge in [0.05, 0.1) is 5.69 Å². The molecule has 1 fully saturated rings. The van der Waals surface area contributed by atoms with Crippen molar-refractivity contribution in [2.24, 2.45) is 0 Å². The van der Waals surface area contributed by atoms with Gasteiger partial charge in [-0.15, -0.1) is 0 Å². The van der Waals surface area contributed by atoms with E-state index >= 15 is 0 Å². The van der Waals surface area contributed by atoms with E-state index in [0.717, 1.165) is 29.4 Å². The molecule has 1 saturated heterocycles. The highest BCUT2D eigenvalue weighted by molar-refractivity contribution is 6.30. The summed E-state index contributed by atoms with van der Waals surface area (Å²) in [6, 6.07) is 10.6. The van der Waals surface area contributed by atoms with Crippen LogP contribution in [-0.2, 0) is 21.5 Å². The van der Waals surface area contributed by atoms with Gasteiger partial charge in [-0.05, 0) is 42.7 Å². The molecule has 4 amide bonds. The first-order valence-corrected chi connectivity index (χ1v) is 9.61. The Balaban J connectivity index is 1.73. The van der Waals surface area contributed by atoms with E-state index in [1.165, 1.54) is 12.1 Å². The fourth-order valence-electron chi connectivity index (χ4n) is 3.25. The number of anilines is 1. The number of aryl methyl sites for hydroxylation is 1. The third kappa shape index (κ3) is 4.24. The van der Waals surface area contributed by atoms with Crippen LogP contribution >= 0.6 is 11.6 Å². The molecule has 152 valence electrons. The van der Waals surface area contributed by atoms with E-state index in [1.54, 1.807) is 19.1 Å². The van der Waals surface area contributed by atoms with Gasteiger partial charge in [-0.2, -0.15) is 0 Å². The van der Waals surface area contributed by atoms with Gasteiger partial charge in [-0.25, -0.2) is 9.18 Å². The summed E-state index contributed by atoms with van der Waals surface area (Å²) in [5, 5.41) is 5.19. The molecule has 1 aliphatic rings. The molecule has 1 aliphatic heterocycles. The van der Waals surface area contributed by atoms with Crippen LogP contribution in [0.15, 0.2) is 42.5 Å². The number of carbonyl (C=O) groups excluding carboxylic acids is 3. The number of rotatable bonds is 6. The predicted octanol–water partition coefficient (Wildman–Crippen LogP) is 3.84. The van der Waals surface area contributed by atoms with E-state index in [1.807, 2.05) is 12.1 Å². The van der Waals surface area contributed by atoms with Crippen molar-refractivity contribution in [2.45, 2.75) is 32.2 Å². The maximum absolute atomic E-state index is 13.9. The molecule has 8 heteroatoms. The average molecular weight is 418 g/mol. The third-order valence-electron chi connectivity index (χ3n) is 4.85. The normalized spacial score (nSPS) is 18.7. The molecule has 2 aromatic carbocycles. The zero-order chi connectivity index (χ0) is 21.2. The molecule has 2 N–H and O–H groups in total. The number of benzene rings is 2. The summed E-state index contributed by atoms with van der Waals surface area (Å²) in [6.45, 7) is 3.14. The van der Waals surface area contributed by atoms with E-state index in [-0.39, 0.29) is 10.7 Å². The third-order valence-corrected chi connectivity index (χ3v) is 5.09. The Hall–Kier alpha value is -2.93. The van der Waals surface area contributed by atoms with Crippen LogP contribution in [-0.4, -0.2) is 29.3 Å². The quantitative estimate of drug-likeness (QED) is 0.701. The minimum atomic E-state index is -1.27. The monoisotopic (exact) mass is 417 g/mol. The Bertz CT molecular complexity index is 964. The van der Waals surface area contributed by atoms with Crippen molar-refractivity contribution in [3.8, 4) is 0 Å². The molecule has 3 rings (SSSR count). The summed E-state index contributed by atoms with van der Waals surface area (Å²) in [5.41, 5.74) is 0.411. The largest absolute Gasteiger partial charge is 0.325 e. The smallest absolute Gasteiger partial charge is 0.322 e. The molecule has 0 saturated carbocycles. The summed E-state index contributed by atoms with van der Waals surface area (Å²) in [6.07, 6.45) is 1.92. The second-order valence-electron chi connectivity index (χ2n) is 7.07. The fourth-order valence-corrected chi connectivity index (χ4v) is 3.41. The van der Waals surface area contributed by atoms with Gasteiger partial charge in [0.25, 0.3) is 5.91 Å². The van der Waals surface area contributed by atoms with Crippen LogP contribution in [0.2, 0.25) is 5.02 Å². The average Bonchev–Trinajstić information content (AvgIpc) is 2.89. The zero-order valence-corrected chi connectivity index (χ0v) is 16.8. The molecule has 0 spiro atoms. The van der Waals surface area contributed by atoms with E-state index < -0.39 is 35.7 Å². The van der Waals surface area contributed by atoms with Gasteiger partial charge in [0.1, 0.15) is 17.9 Å². The van der Waals surface area contributed by atoms with Gasteiger partial charge in [0.15, 0.2) is 0 Å². The van der Waals surface area contributed by atoms with E-state index in [9.17, 15) is 18.8 Å². The molecular formula is C21H21ClFN3O3. The van der Waals surface area contributed by atoms with Crippen LogP contribution in [0.5, 0.6) is 0 Å². The molecule has 29 heavy (non-hydrogen) atoms. The van der Waals surface area contributed by atoms with Gasteiger partial charge in [0.2, 0.25) is 5.91 Å². The van der Waals surface area contributed by atoms with E-state index in [4.69, 9.17) is 11.6 Å². The highest BCUT2D eigenvalue weighted by Gasteiger charge is 2.49. The van der Waals surface area contributed by atoms with Crippen LogP contribution in [0.1, 0.15) is 31.4 Å². The highest BCUT2D eigenvalue weighted by Crippen LogP contribution is 2.29. The lowest BCUT2D eigenvalue weighted by Gasteiger charge is -2.22. The first-order chi connectivity index (χ1) is 13.7. The molecule has 2 aromatic rings. The Morgan fingerprint density at radius 1 is 1.21 bits per heavy atom. The lowest BCUT2D eigenvalue weighted by atomic mass is 9.91. The van der Waals surface area contributed by atoms with E-state index in [2.05, 4.69) is 17.6 Å². The first kappa shape index (κ1) is 20.8. The number of nitrogens with zero attached hydrogens (tertiary/aromatic N) is 1. The summed E-state index contributed by atoms with van der Waals surface area (Å²) in [5.74, 6) is -1.95. The maximum Gasteiger partial charge on any atom is 0.325 e. The molecule has 0 radical (unpaired) electrons. The van der Waals surface area contributed by atoms with E-state index in [0.29, 0.717) is 5.56 Å². The summed E-state index contributed by atoms with van der Waals surface area (Å²) >= 11 is 5.69. The minimum Gasteiger partial charge on any atom is -0.322 e. The Labute approximate surface area is 173 Å². The SMILES string of the molecule is CCCc1ccc([C@@]2(C)NC(=O)N(CC(=O)Nc3ccc(Cl)cc3F)C2=O)cc1. The molecule has 1 heterocycles. The summed E-state index contributed by atoms with van der Waals surface area (Å²) in [7, 11) is 0. The molecular weight excluding hydrogens is 397 g/mol. The van der Waals surface area contributed by atoms with Crippen molar-refractivity contribution in [3.05, 3.63) is 64.4 Å². The lowest BCUT2D eigenvalue weighted by molar-refractivity contribution is -0.133. The standard InChI is InChI=1S/C21H21ClFN3O3/c1-3-4-13-5-7-14(8-6-13)21(2)19(28)26(20(29)25-21)12-18(27)24-17-10-9-15(22)11-16(17)23/h5-11H,3-4,12H2,1-2H3,(H,24,27)(H,25,29)/t21-/m1/s1. The molecule has 6 nitrogen and oxygen atoms in total. The topological polar surface area (TPSA) is 78.5 Å². The van der Waals surface area contributed by atoms with Crippen molar-refractivity contribution >= 4 is 35.1 Å². The number of urea groups is 1. The van der Waals surface area contributed by atoms with Crippen molar-refractivity contribution in [2.75, 3.05) is 11.9 Å². The summed E-state index contributed by atoms with van der Waals surface area (Å²) in [4.78, 5) is 38.4. The van der Waals surface area contributed by atoms with Crippen LogP contribution < -0.4 is 10.6 Å². The van der Waals surface area contributed by atoms with Gasteiger partial charge >= 0.3 is 6.03 Å². The van der Waals surface area contributed by atoms with Crippen molar-refractivity contribution in [1.82, 2.24) is 10.2 Å². The van der Waals surface area contributed by atoms with Crippen LogP contribution in [0.25, 0.3) is 0 Å². The highest BCUT2D eigenvalue weighted by atomic mass is 35.5. The number of hydrogen-bond donors (Lipinski definition) is 2. The van der Waals surface area contributed by atoms with Crippen molar-refractivity contribution in [3.63, 3.8) is 0 Å². The molecule has 0 unspecified atom stereocenters. The van der Waals surface area contributed by atoms with Gasteiger partial charge in [0, 0.05) is 5.02 Å². The van der Waals surface area contributed by atoms with Crippen LogP contribution in [0.4, 0.5) is 14.9 Å². The number of amides is 4. The number of imide groups is 1. The van der Waals surface area contributed by atoms with Gasteiger partial charge in [-0.1, -0.05) is 49.2 Å². The molecule has 0 aromatic heterocycles. The minimum absolute atomic E-state index is 0.0827. The Morgan fingerprint density at radius 3 is 2.52 bits per heavy atom. The van der Waals surface area contributed by atoms with Gasteiger partial charge < -0.3 is 10.6 Å². The second-order valence-corrected chi connectivity index (χ2v) is 7.50. The number of halogens is 2. The Morgan fingerprint density at radius 2 is 1.90 bits per heavy atom. The van der Waals surface area contributed by atoms with Gasteiger partial charge in [-0.3, -0.25) is 14.5 Å². The number of nitrogens with one attached hydrogen (secondary N) is 2. The number of hydrogen-bond acceptors (Lipinski definition) is 3. The summed E-state index contributed by atoms with van der Waals surface area (Å²) < 4.78 is 13.9. The molecule has 0 bridgehead atoms. The molecule has 1 atom stereocenters. The molecule has 0 aliphatic carbocycles. The zero-order valence-electron chi connectivity index (χ0n) is 16.1. The first-order valence-electron chi connectivity index (χ1n) is 9.23. The number of carbonyl (C=O) groups is 3. The lowest BCUT2D eigenvalue weighted by Crippen LogP contribution is -2.42. The maximum atomic E-state index is 13.9. The van der Waals surface area contributed by atoms with Crippen LogP contribution in [0.3, 0.4) is 0 Å². The van der Waals surface area contributed by atoms with Crippen molar-refractivity contribution in [1.29, 1.82) is 0 Å². The van der Waals surface area contributed by atoms with Crippen LogP contribution in [0, 0.1) is 5.82 Å².